The van der Waals surface area contributed by atoms with Gasteiger partial charge in [-0.2, -0.15) is 0 Å². The van der Waals surface area contributed by atoms with Gasteiger partial charge in [0.15, 0.2) is 0 Å². The predicted octanol–water partition coefficient (Wildman–Crippen LogP) is 4.32. The second-order valence-corrected chi connectivity index (χ2v) is 10.8. The normalized spacial score (nSPS) is 28.1. The number of carbonyl (C=O) groups is 2. The van der Waals surface area contributed by atoms with Crippen LogP contribution in [0.2, 0.25) is 0 Å². The Morgan fingerprint density at radius 3 is 2.38 bits per heavy atom. The first-order valence-corrected chi connectivity index (χ1v) is 12.6. The fourth-order valence-electron chi connectivity index (χ4n) is 4.97. The molecule has 0 bridgehead atoms. The van der Waals surface area contributed by atoms with Crippen LogP contribution in [0.25, 0.3) is 0 Å². The summed E-state index contributed by atoms with van der Waals surface area (Å²) in [5.74, 6) is -1.61. The maximum Gasteiger partial charge on any atom is 0.252 e. The zero-order valence-corrected chi connectivity index (χ0v) is 19.8. The Bertz CT molecular complexity index is 829. The third kappa shape index (κ3) is 5.62. The topological polar surface area (TPSA) is 61.4 Å². The van der Waals surface area contributed by atoms with E-state index in [1.165, 1.54) is 4.88 Å². The molecule has 0 radical (unpaired) electrons. The van der Waals surface area contributed by atoms with Crippen LogP contribution in [-0.2, 0) is 4.79 Å². The molecular formula is C23H32ClF2N3O2S. The molecule has 4 aliphatic rings. The van der Waals surface area contributed by atoms with Crippen molar-refractivity contribution in [2.24, 2.45) is 5.92 Å². The van der Waals surface area contributed by atoms with Crippen LogP contribution in [0.15, 0.2) is 11.4 Å². The summed E-state index contributed by atoms with van der Waals surface area (Å²) in [6, 6.07) is 2.74. The summed E-state index contributed by atoms with van der Waals surface area (Å²) >= 11 is 1.62. The van der Waals surface area contributed by atoms with E-state index in [0.29, 0.717) is 48.2 Å². The smallest absolute Gasteiger partial charge is 0.252 e. The zero-order chi connectivity index (χ0) is 21.6. The average molecular weight is 488 g/mol. The van der Waals surface area contributed by atoms with Crippen molar-refractivity contribution >= 4 is 35.6 Å². The van der Waals surface area contributed by atoms with Crippen LogP contribution in [0.4, 0.5) is 8.78 Å². The number of likely N-dealkylation sites (tertiary alicyclic amines) is 1. The highest BCUT2D eigenvalue weighted by Gasteiger charge is 2.42. The van der Waals surface area contributed by atoms with Crippen LogP contribution in [0.1, 0.15) is 78.9 Å². The monoisotopic (exact) mass is 487 g/mol. The molecule has 0 spiro atoms. The molecule has 2 amide bonds. The number of alkyl halides is 2. The molecule has 0 unspecified atom stereocenters. The molecule has 5 rings (SSSR count). The Kier molecular flexibility index (Phi) is 7.13. The van der Waals surface area contributed by atoms with E-state index in [1.54, 1.807) is 11.3 Å². The Morgan fingerprint density at radius 1 is 1.03 bits per heavy atom. The number of hydrogen-bond acceptors (Lipinski definition) is 4. The van der Waals surface area contributed by atoms with E-state index in [2.05, 4.69) is 10.6 Å². The van der Waals surface area contributed by atoms with Gasteiger partial charge in [-0.3, -0.25) is 9.59 Å². The summed E-state index contributed by atoms with van der Waals surface area (Å²) in [5.41, 5.74) is 0.648. The lowest BCUT2D eigenvalue weighted by Gasteiger charge is -2.32. The van der Waals surface area contributed by atoms with Crippen molar-refractivity contribution in [3.8, 4) is 0 Å². The highest BCUT2D eigenvalue weighted by Crippen LogP contribution is 2.44. The van der Waals surface area contributed by atoms with Crippen molar-refractivity contribution < 1.29 is 18.4 Å². The first-order valence-electron chi connectivity index (χ1n) is 11.7. The van der Waals surface area contributed by atoms with Crippen molar-refractivity contribution in [3.63, 3.8) is 0 Å². The largest absolute Gasteiger partial charge is 0.349 e. The van der Waals surface area contributed by atoms with Crippen LogP contribution in [0.3, 0.4) is 0 Å². The molecule has 32 heavy (non-hydrogen) atoms. The van der Waals surface area contributed by atoms with Gasteiger partial charge >= 0.3 is 0 Å². The highest BCUT2D eigenvalue weighted by molar-refractivity contribution is 7.10. The van der Waals surface area contributed by atoms with Crippen molar-refractivity contribution in [3.05, 3.63) is 21.9 Å². The fraction of sp³-hybridized carbons (Fsp3) is 0.739. The summed E-state index contributed by atoms with van der Waals surface area (Å²) in [6.45, 7) is 1.72. The van der Waals surface area contributed by atoms with E-state index in [0.717, 1.165) is 45.2 Å². The van der Waals surface area contributed by atoms with Gasteiger partial charge in [-0.15, -0.1) is 23.7 Å². The second-order valence-electron chi connectivity index (χ2n) is 9.83. The lowest BCUT2D eigenvalue weighted by molar-refractivity contribution is -0.133. The zero-order valence-electron chi connectivity index (χ0n) is 18.2. The van der Waals surface area contributed by atoms with E-state index in [9.17, 15) is 18.4 Å². The number of halogens is 3. The molecular weight excluding hydrogens is 456 g/mol. The number of rotatable bonds is 6. The first-order chi connectivity index (χ1) is 14.9. The molecule has 2 N–H and O–H groups in total. The van der Waals surface area contributed by atoms with Crippen LogP contribution in [-0.4, -0.2) is 53.9 Å². The number of thiophene rings is 1. The molecule has 1 saturated heterocycles. The number of carbonyl (C=O) groups excluding carboxylic acids is 2. The van der Waals surface area contributed by atoms with Crippen molar-refractivity contribution in [2.45, 2.75) is 87.8 Å². The molecule has 1 aliphatic heterocycles. The van der Waals surface area contributed by atoms with Gasteiger partial charge in [0.05, 0.1) is 5.56 Å². The van der Waals surface area contributed by atoms with Crippen LogP contribution in [0.5, 0.6) is 0 Å². The lowest BCUT2D eigenvalue weighted by Crippen LogP contribution is -2.46. The highest BCUT2D eigenvalue weighted by atomic mass is 35.5. The Hall–Kier alpha value is -1.25. The Morgan fingerprint density at radius 2 is 1.72 bits per heavy atom. The third-order valence-corrected chi connectivity index (χ3v) is 8.34. The lowest BCUT2D eigenvalue weighted by atomic mass is 9.92. The molecule has 0 aromatic carbocycles. The molecule has 1 aromatic rings. The van der Waals surface area contributed by atoms with Gasteiger partial charge < -0.3 is 15.5 Å². The number of hydrogen-bond donors (Lipinski definition) is 2. The standard InChI is InChI=1S/C23H31F2N3O2S.ClH/c24-23(25)7-3-16(4-8-23)27-21(29)15-11-20(31-13-15)18-12-19(18)26-17-5-9-28(10-6-17)22(30)14-1-2-14;/h11,13-14,16-19,26H,1-10,12H2,(H,27,29);1H/t18-,19-;/m1./s1. The van der Waals surface area contributed by atoms with Gasteiger partial charge in [-0.05, 0) is 51.0 Å². The predicted molar refractivity (Wildman–Crippen MR) is 123 cm³/mol. The molecule has 5 nitrogen and oxygen atoms in total. The summed E-state index contributed by atoms with van der Waals surface area (Å²) < 4.78 is 26.6. The van der Waals surface area contributed by atoms with Gasteiger partial charge in [-0.1, -0.05) is 0 Å². The van der Waals surface area contributed by atoms with Gasteiger partial charge in [-0.25, -0.2) is 8.78 Å². The maximum absolute atomic E-state index is 13.3. The molecule has 3 aliphatic carbocycles. The maximum atomic E-state index is 13.3. The average Bonchev–Trinajstić information content (AvgIpc) is 3.68. The molecule has 1 aromatic heterocycles. The third-order valence-electron chi connectivity index (χ3n) is 7.27. The quantitative estimate of drug-likeness (QED) is 0.628. The van der Waals surface area contributed by atoms with E-state index < -0.39 is 5.92 Å². The minimum Gasteiger partial charge on any atom is -0.349 e. The van der Waals surface area contributed by atoms with E-state index in [1.807, 2.05) is 16.3 Å². The second kappa shape index (κ2) is 9.55. The number of nitrogens with one attached hydrogen (secondary N) is 2. The Balaban J connectivity index is 0.00000245. The van der Waals surface area contributed by atoms with Crippen LogP contribution < -0.4 is 10.6 Å². The summed E-state index contributed by atoms with van der Waals surface area (Å²) in [5, 5.41) is 8.58. The van der Waals surface area contributed by atoms with Gasteiger partial charge in [0.1, 0.15) is 0 Å². The summed E-state index contributed by atoms with van der Waals surface area (Å²) in [7, 11) is 0. The SMILES string of the molecule is Cl.O=C(NC1CCC(F)(F)CC1)c1csc([C@@H]2C[C@H]2NC2CCN(C(=O)C3CC3)CC2)c1. The molecule has 4 fully saturated rings. The van der Waals surface area contributed by atoms with Crippen molar-refractivity contribution in [1.82, 2.24) is 15.5 Å². The summed E-state index contributed by atoms with van der Waals surface area (Å²) in [4.78, 5) is 28.0. The molecule has 2 atom stereocenters. The van der Waals surface area contributed by atoms with Crippen molar-refractivity contribution in [2.75, 3.05) is 13.1 Å². The van der Waals surface area contributed by atoms with Gasteiger partial charge in [0.25, 0.3) is 5.91 Å². The minimum atomic E-state index is -2.58. The number of amides is 2. The summed E-state index contributed by atoms with van der Waals surface area (Å²) in [6.07, 6.45) is 5.65. The Labute approximate surface area is 198 Å². The van der Waals surface area contributed by atoms with E-state index in [-0.39, 0.29) is 37.2 Å². The minimum absolute atomic E-state index is 0. The molecule has 3 saturated carbocycles. The first kappa shape index (κ1) is 23.9. The fourth-order valence-corrected chi connectivity index (χ4v) is 6.04. The van der Waals surface area contributed by atoms with Crippen molar-refractivity contribution in [1.29, 1.82) is 0 Å². The number of piperidine rings is 1. The van der Waals surface area contributed by atoms with Gasteiger partial charge in [0.2, 0.25) is 11.8 Å². The molecule has 178 valence electrons. The molecule has 9 heteroatoms. The van der Waals surface area contributed by atoms with E-state index >= 15 is 0 Å². The number of nitrogens with zero attached hydrogens (tertiary/aromatic N) is 1. The van der Waals surface area contributed by atoms with Gasteiger partial charge in [0, 0.05) is 66.1 Å². The molecule has 2 heterocycles. The van der Waals surface area contributed by atoms with Crippen LogP contribution in [0, 0.1) is 5.92 Å². The van der Waals surface area contributed by atoms with E-state index in [4.69, 9.17) is 0 Å². The van der Waals surface area contributed by atoms with Crippen LogP contribution >= 0.6 is 23.7 Å².